The summed E-state index contributed by atoms with van der Waals surface area (Å²) in [6.45, 7) is 6.36. The summed E-state index contributed by atoms with van der Waals surface area (Å²) in [5.41, 5.74) is 1.96. The average Bonchev–Trinajstić information content (AvgIpc) is 2.91. The number of carbonyl (C=O) groups excluding carboxylic acids is 1. The van der Waals surface area contributed by atoms with E-state index in [1.54, 1.807) is 23.1 Å². The lowest BCUT2D eigenvalue weighted by molar-refractivity contribution is -0.113. The lowest BCUT2D eigenvalue weighted by atomic mass is 10.2. The minimum absolute atomic E-state index is 0.0258. The number of carbonyl (C=O) groups is 1. The van der Waals surface area contributed by atoms with Crippen molar-refractivity contribution < 1.29 is 4.79 Å². The van der Waals surface area contributed by atoms with Gasteiger partial charge in [0.25, 0.3) is 0 Å². The lowest BCUT2D eigenvalue weighted by Crippen LogP contribution is -2.13. The summed E-state index contributed by atoms with van der Waals surface area (Å²) >= 11 is 4.69. The molecule has 4 nitrogen and oxygen atoms in total. The highest BCUT2D eigenvalue weighted by atomic mass is 32.2. The van der Waals surface area contributed by atoms with Gasteiger partial charge >= 0.3 is 0 Å². The number of hydrogen-bond acceptors (Lipinski definition) is 6. The molecule has 7 heteroatoms. The molecule has 0 aliphatic carbocycles. The Hall–Kier alpha value is -1.05. The summed E-state index contributed by atoms with van der Waals surface area (Å²) in [7, 11) is 0. The van der Waals surface area contributed by atoms with E-state index in [0.29, 0.717) is 11.7 Å². The zero-order valence-corrected chi connectivity index (χ0v) is 15.3. The van der Waals surface area contributed by atoms with Crippen LogP contribution < -0.4 is 5.32 Å². The molecule has 1 amide bonds. The topological polar surface area (TPSA) is 54.9 Å². The van der Waals surface area contributed by atoms with E-state index in [9.17, 15) is 4.79 Å². The first-order valence-electron chi connectivity index (χ1n) is 6.98. The molecule has 1 heterocycles. The lowest BCUT2D eigenvalue weighted by Gasteiger charge is -2.04. The number of hydrogen-bond donors (Lipinski definition) is 1. The van der Waals surface area contributed by atoms with E-state index in [4.69, 9.17) is 0 Å². The molecule has 0 aliphatic heterocycles. The highest BCUT2D eigenvalue weighted by molar-refractivity contribution is 8.03. The van der Waals surface area contributed by atoms with Crippen molar-refractivity contribution in [3.05, 3.63) is 29.8 Å². The number of amides is 1. The van der Waals surface area contributed by atoms with Gasteiger partial charge in [0.2, 0.25) is 5.91 Å². The predicted octanol–water partition coefficient (Wildman–Crippen LogP) is 4.33. The van der Waals surface area contributed by atoms with Crippen LogP contribution in [0.2, 0.25) is 0 Å². The molecule has 0 aliphatic rings. The molecule has 0 fully saturated rings. The summed E-state index contributed by atoms with van der Waals surface area (Å²) in [4.78, 5) is 11.9. The molecule has 0 spiro atoms. The molecule has 1 aromatic carbocycles. The average molecular weight is 354 g/mol. The quantitative estimate of drug-likeness (QED) is 0.751. The number of nitrogens with one attached hydrogen (secondary N) is 1. The molecular formula is C15H19N3OS3. The van der Waals surface area contributed by atoms with E-state index in [1.165, 1.54) is 11.8 Å². The molecule has 0 atom stereocenters. The van der Waals surface area contributed by atoms with Crippen LogP contribution in [0.1, 0.15) is 19.4 Å². The molecule has 0 radical (unpaired) electrons. The Balaban J connectivity index is 1.79. The van der Waals surface area contributed by atoms with Gasteiger partial charge in [0.1, 0.15) is 0 Å². The van der Waals surface area contributed by atoms with Gasteiger partial charge in [-0.2, -0.15) is 0 Å². The smallest absolute Gasteiger partial charge is 0.234 e. The Labute approximate surface area is 143 Å². The van der Waals surface area contributed by atoms with E-state index in [0.717, 1.165) is 25.7 Å². The predicted molar refractivity (Wildman–Crippen MR) is 96.0 cm³/mol. The van der Waals surface area contributed by atoms with Crippen LogP contribution in [0.5, 0.6) is 0 Å². The molecule has 118 valence electrons. The van der Waals surface area contributed by atoms with E-state index in [1.807, 2.05) is 31.2 Å². The largest absolute Gasteiger partial charge is 0.325 e. The standard InChI is InChI=1S/C15H19N3OS3/c1-10(2)8-20-14-17-18-15(22-14)21-9-13(19)16-12-6-4-5-11(3)7-12/h4-7,10H,8-9H2,1-3H3,(H,16,19). The fourth-order valence-electron chi connectivity index (χ4n) is 1.60. The monoisotopic (exact) mass is 353 g/mol. The van der Waals surface area contributed by atoms with Crippen LogP contribution in [0.15, 0.2) is 32.9 Å². The van der Waals surface area contributed by atoms with E-state index in [2.05, 4.69) is 29.4 Å². The zero-order valence-electron chi connectivity index (χ0n) is 12.8. The first-order chi connectivity index (χ1) is 10.5. The maximum Gasteiger partial charge on any atom is 0.234 e. The van der Waals surface area contributed by atoms with Gasteiger partial charge in [-0.25, -0.2) is 0 Å². The van der Waals surface area contributed by atoms with Gasteiger partial charge in [0.05, 0.1) is 5.75 Å². The van der Waals surface area contributed by atoms with Gasteiger partial charge in [0, 0.05) is 11.4 Å². The molecule has 22 heavy (non-hydrogen) atoms. The van der Waals surface area contributed by atoms with Gasteiger partial charge in [-0.1, -0.05) is 60.8 Å². The van der Waals surface area contributed by atoms with E-state index >= 15 is 0 Å². The third-order valence-electron chi connectivity index (χ3n) is 2.56. The molecule has 0 unspecified atom stereocenters. The van der Waals surface area contributed by atoms with Crippen molar-refractivity contribution in [3.63, 3.8) is 0 Å². The van der Waals surface area contributed by atoms with Crippen LogP contribution >= 0.6 is 34.9 Å². The van der Waals surface area contributed by atoms with E-state index < -0.39 is 0 Å². The summed E-state index contributed by atoms with van der Waals surface area (Å²) in [6, 6.07) is 7.78. The Kier molecular flexibility index (Phi) is 6.72. The number of anilines is 1. The summed E-state index contributed by atoms with van der Waals surface area (Å²) in [5.74, 6) is 1.98. The van der Waals surface area contributed by atoms with Gasteiger partial charge in [-0.05, 0) is 30.5 Å². The Morgan fingerprint density at radius 3 is 2.68 bits per heavy atom. The molecule has 0 bridgehead atoms. The maximum atomic E-state index is 11.9. The Morgan fingerprint density at radius 1 is 1.27 bits per heavy atom. The highest BCUT2D eigenvalue weighted by Crippen LogP contribution is 2.29. The Bertz CT molecular complexity index is 628. The first kappa shape index (κ1) is 17.3. The molecule has 2 rings (SSSR count). The third kappa shape index (κ3) is 5.98. The fraction of sp³-hybridized carbons (Fsp3) is 0.400. The first-order valence-corrected chi connectivity index (χ1v) is 9.77. The second-order valence-corrected chi connectivity index (χ2v) is 8.71. The molecular weight excluding hydrogens is 334 g/mol. The molecule has 0 saturated carbocycles. The van der Waals surface area contributed by atoms with Crippen molar-refractivity contribution in [2.45, 2.75) is 29.5 Å². The number of nitrogens with zero attached hydrogens (tertiary/aromatic N) is 2. The normalized spacial score (nSPS) is 10.9. The SMILES string of the molecule is Cc1cccc(NC(=O)CSc2nnc(SCC(C)C)s2)c1. The number of aromatic nitrogens is 2. The molecule has 0 saturated heterocycles. The number of thioether (sulfide) groups is 2. The van der Waals surface area contributed by atoms with Crippen molar-refractivity contribution in [1.82, 2.24) is 10.2 Å². The van der Waals surface area contributed by atoms with Crippen molar-refractivity contribution in [2.24, 2.45) is 5.92 Å². The minimum Gasteiger partial charge on any atom is -0.325 e. The Morgan fingerprint density at radius 2 is 2.00 bits per heavy atom. The number of benzene rings is 1. The van der Waals surface area contributed by atoms with Crippen LogP contribution in [-0.4, -0.2) is 27.6 Å². The highest BCUT2D eigenvalue weighted by Gasteiger charge is 2.09. The molecule has 1 aromatic heterocycles. The van der Waals surface area contributed by atoms with Gasteiger partial charge in [-0.3, -0.25) is 4.79 Å². The maximum absolute atomic E-state index is 11.9. The second kappa shape index (κ2) is 8.55. The second-order valence-electron chi connectivity index (χ2n) is 5.25. The van der Waals surface area contributed by atoms with Crippen LogP contribution in [0.4, 0.5) is 5.69 Å². The van der Waals surface area contributed by atoms with Crippen molar-refractivity contribution >= 4 is 46.5 Å². The molecule has 1 N–H and O–H groups in total. The van der Waals surface area contributed by atoms with Gasteiger partial charge < -0.3 is 5.32 Å². The number of rotatable bonds is 7. The number of aryl methyl sites for hydroxylation is 1. The van der Waals surface area contributed by atoms with Gasteiger partial charge in [-0.15, -0.1) is 10.2 Å². The van der Waals surface area contributed by atoms with Crippen LogP contribution in [-0.2, 0) is 4.79 Å². The fourth-order valence-corrected chi connectivity index (χ4v) is 4.40. The summed E-state index contributed by atoms with van der Waals surface area (Å²) in [6.07, 6.45) is 0. The summed E-state index contributed by atoms with van der Waals surface area (Å²) in [5, 5.41) is 11.1. The molecule has 2 aromatic rings. The zero-order chi connectivity index (χ0) is 15.9. The van der Waals surface area contributed by atoms with E-state index in [-0.39, 0.29) is 5.91 Å². The minimum atomic E-state index is -0.0258. The van der Waals surface area contributed by atoms with Gasteiger partial charge in [0.15, 0.2) is 8.68 Å². The third-order valence-corrected chi connectivity index (χ3v) is 6.17. The van der Waals surface area contributed by atoms with Crippen LogP contribution in [0.3, 0.4) is 0 Å². The van der Waals surface area contributed by atoms with Crippen LogP contribution in [0.25, 0.3) is 0 Å². The van der Waals surface area contributed by atoms with Crippen molar-refractivity contribution in [3.8, 4) is 0 Å². The van der Waals surface area contributed by atoms with Crippen molar-refractivity contribution in [1.29, 1.82) is 0 Å². The van der Waals surface area contributed by atoms with Crippen molar-refractivity contribution in [2.75, 3.05) is 16.8 Å². The summed E-state index contributed by atoms with van der Waals surface area (Å²) < 4.78 is 1.81. The van der Waals surface area contributed by atoms with Crippen LogP contribution in [0, 0.1) is 12.8 Å².